The SMILES string of the molecule is CCCCN(CCCC)S(=O)(=O)c1ccc2c3nc4nc(nc5nc(nc6[nH]c(nc([nH]3)c2c1)c1ccccc61)-c1c-5cccc1S(=O)(=O)N(CCCC)CCCC)-c1cccc(S(=O)(=O)N(CCCC)CCCC)c1-4. The second-order valence-electron chi connectivity index (χ2n) is 19.6. The first-order chi connectivity index (χ1) is 36.7. The van der Waals surface area contributed by atoms with Crippen LogP contribution in [0.4, 0.5) is 0 Å². The Bertz CT molecular complexity index is 3780. The van der Waals surface area contributed by atoms with E-state index in [1.807, 2.05) is 65.8 Å². The molecule has 2 aliphatic heterocycles. The standard InChI is InChI=1S/C56H69N11O6S3/c1-7-13-31-65(32-14-8-2)74(68,69)38-29-30-41-44(37-38)54-58-49-39-23-19-20-24-40(39)50(57-49)61-55-47-42(25-21-27-45(47)75(70,71)66(33-15-9-3)34-16-10-4)52(63-55)60-53-43-26-22-28-46(48(43)56(64-53)62-51(41)59-54)76(72,73)67(35-17-11-5)36-18-12-6/h19-30,37H,7-18,31-36H2,1-6H3,(H2,57,58,59,60,61,62,63,64). The van der Waals surface area contributed by atoms with Gasteiger partial charge in [0, 0.05) is 71.9 Å². The van der Waals surface area contributed by atoms with Gasteiger partial charge in [0.2, 0.25) is 30.1 Å². The van der Waals surface area contributed by atoms with E-state index in [1.54, 1.807) is 63.2 Å². The molecular formula is C56H69N11O6S3. The van der Waals surface area contributed by atoms with Crippen LogP contribution in [0.5, 0.6) is 0 Å². The second-order valence-corrected chi connectivity index (χ2v) is 25.3. The van der Waals surface area contributed by atoms with Gasteiger partial charge in [-0.15, -0.1) is 0 Å². The topological polar surface area (TPSA) is 221 Å². The molecule has 17 nitrogen and oxygen atoms in total. The molecule has 0 radical (unpaired) electrons. The van der Waals surface area contributed by atoms with Crippen LogP contribution >= 0.6 is 0 Å². The van der Waals surface area contributed by atoms with Crippen LogP contribution in [0.25, 0.3) is 89.7 Å². The Morgan fingerprint density at radius 1 is 0.368 bits per heavy atom. The fraction of sp³-hybridized carbons (Fsp3) is 0.429. The summed E-state index contributed by atoms with van der Waals surface area (Å²) in [6.07, 6.45) is 8.96. The van der Waals surface area contributed by atoms with Crippen molar-refractivity contribution in [3.8, 4) is 45.6 Å². The summed E-state index contributed by atoms with van der Waals surface area (Å²) < 4.78 is 94.1. The molecule has 8 bridgehead atoms. The molecule has 0 spiro atoms. The van der Waals surface area contributed by atoms with Crippen molar-refractivity contribution in [2.24, 2.45) is 0 Å². The van der Waals surface area contributed by atoms with Crippen molar-refractivity contribution in [1.82, 2.24) is 52.8 Å². The molecule has 402 valence electrons. The van der Waals surface area contributed by atoms with Gasteiger partial charge in [-0.2, -0.15) is 12.9 Å². The molecule has 20 heteroatoms. The highest BCUT2D eigenvalue weighted by Gasteiger charge is 2.36. The number of nitrogens with one attached hydrogen (secondary N) is 2. The van der Waals surface area contributed by atoms with Gasteiger partial charge in [-0.25, -0.2) is 55.2 Å². The number of hydrogen-bond donors (Lipinski definition) is 2. The minimum absolute atomic E-state index is 0.00457. The van der Waals surface area contributed by atoms with E-state index in [2.05, 4.69) is 9.97 Å². The molecule has 2 N–H and O–H groups in total. The number of sulfonamides is 3. The van der Waals surface area contributed by atoms with Crippen LogP contribution < -0.4 is 0 Å². The first-order valence-electron chi connectivity index (χ1n) is 27.0. The van der Waals surface area contributed by atoms with Gasteiger partial charge in [0.15, 0.2) is 23.3 Å². The molecule has 0 saturated heterocycles. The van der Waals surface area contributed by atoms with Crippen LogP contribution in [0.3, 0.4) is 0 Å². The lowest BCUT2D eigenvalue weighted by Gasteiger charge is -2.23. The van der Waals surface area contributed by atoms with Crippen molar-refractivity contribution in [1.29, 1.82) is 0 Å². The van der Waals surface area contributed by atoms with Crippen molar-refractivity contribution in [3.63, 3.8) is 0 Å². The van der Waals surface area contributed by atoms with Gasteiger partial charge >= 0.3 is 0 Å². The van der Waals surface area contributed by atoms with Crippen LogP contribution in [-0.4, -0.2) is 117 Å². The van der Waals surface area contributed by atoms with E-state index in [0.29, 0.717) is 122 Å². The largest absolute Gasteiger partial charge is 0.324 e. The van der Waals surface area contributed by atoms with Crippen molar-refractivity contribution < 1.29 is 25.3 Å². The number of unbranched alkanes of at least 4 members (excludes halogenated alkanes) is 6. The van der Waals surface area contributed by atoms with E-state index >= 15 is 16.8 Å². The molecule has 7 aromatic rings. The van der Waals surface area contributed by atoms with Gasteiger partial charge in [-0.3, -0.25) is 0 Å². The highest BCUT2D eigenvalue weighted by atomic mass is 32.2. The molecule has 0 aliphatic carbocycles. The smallest absolute Gasteiger partial charge is 0.243 e. The lowest BCUT2D eigenvalue weighted by Crippen LogP contribution is -2.33. The summed E-state index contributed by atoms with van der Waals surface area (Å²) in [5, 5.41) is 2.32. The first-order valence-corrected chi connectivity index (χ1v) is 31.4. The maximum Gasteiger partial charge on any atom is 0.243 e. The maximum absolute atomic E-state index is 15.1. The van der Waals surface area contributed by atoms with Crippen molar-refractivity contribution in [2.45, 2.75) is 133 Å². The molecule has 0 saturated carbocycles. The average Bonchev–Trinajstić information content (AvgIpc) is 4.16. The zero-order chi connectivity index (χ0) is 53.8. The predicted octanol–water partition coefficient (Wildman–Crippen LogP) is 11.6. The van der Waals surface area contributed by atoms with Crippen LogP contribution in [0.15, 0.2) is 93.5 Å². The average molecular weight is 1090 g/mol. The normalized spacial score (nSPS) is 12.9. The molecule has 0 unspecified atom stereocenters. The Morgan fingerprint density at radius 2 is 0.724 bits per heavy atom. The van der Waals surface area contributed by atoms with Gasteiger partial charge in [-0.1, -0.05) is 129 Å². The number of aromatic amines is 2. The Kier molecular flexibility index (Phi) is 16.8. The Labute approximate surface area is 446 Å². The first kappa shape index (κ1) is 54.7. The van der Waals surface area contributed by atoms with Crippen molar-refractivity contribution >= 4 is 74.2 Å². The monoisotopic (exact) mass is 1090 g/mol. The number of rotatable bonds is 24. The predicted molar refractivity (Wildman–Crippen MR) is 302 cm³/mol. The summed E-state index contributed by atoms with van der Waals surface area (Å²) in [4.78, 5) is 37.6. The van der Waals surface area contributed by atoms with E-state index in [-0.39, 0.29) is 60.4 Å². The van der Waals surface area contributed by atoms with Gasteiger partial charge < -0.3 is 9.97 Å². The Morgan fingerprint density at radius 3 is 1.13 bits per heavy atom. The second kappa shape index (κ2) is 23.3. The van der Waals surface area contributed by atoms with Gasteiger partial charge in [0.1, 0.15) is 22.6 Å². The molecule has 0 amide bonds. The van der Waals surface area contributed by atoms with Gasteiger partial charge in [-0.05, 0) is 68.9 Å². The molecule has 76 heavy (non-hydrogen) atoms. The minimum atomic E-state index is -4.17. The van der Waals surface area contributed by atoms with Crippen LogP contribution in [0, 0.1) is 0 Å². The Balaban J connectivity index is 1.40. The van der Waals surface area contributed by atoms with Crippen molar-refractivity contribution in [3.05, 3.63) is 78.9 Å². The zero-order valence-corrected chi connectivity index (χ0v) is 46.9. The lowest BCUT2D eigenvalue weighted by atomic mass is 10.1. The van der Waals surface area contributed by atoms with Gasteiger partial charge in [0.05, 0.1) is 25.8 Å². The maximum atomic E-state index is 15.1. The third-order valence-corrected chi connectivity index (χ3v) is 19.9. The quantitative estimate of drug-likeness (QED) is 0.0577. The summed E-state index contributed by atoms with van der Waals surface area (Å²) in [7, 11) is -12.3. The number of fused-ring (bicyclic) bond motifs is 20. The number of nitrogens with zero attached hydrogens (tertiary/aromatic N) is 9. The van der Waals surface area contributed by atoms with Gasteiger partial charge in [0.25, 0.3) is 0 Å². The van der Waals surface area contributed by atoms with E-state index < -0.39 is 30.1 Å². The molecule has 0 fully saturated rings. The summed E-state index contributed by atoms with van der Waals surface area (Å²) in [5.74, 6) is 0.377. The summed E-state index contributed by atoms with van der Waals surface area (Å²) in [5.41, 5.74) is 2.56. The number of aromatic nitrogens is 8. The summed E-state index contributed by atoms with van der Waals surface area (Å²) in [6, 6.07) is 22.5. The van der Waals surface area contributed by atoms with Crippen LogP contribution in [-0.2, 0) is 30.1 Å². The number of benzene rings is 4. The highest BCUT2D eigenvalue weighted by molar-refractivity contribution is 7.89. The minimum Gasteiger partial charge on any atom is -0.324 e. The lowest BCUT2D eigenvalue weighted by molar-refractivity contribution is 0.395. The highest BCUT2D eigenvalue weighted by Crippen LogP contribution is 2.43. The third-order valence-electron chi connectivity index (χ3n) is 14.1. The summed E-state index contributed by atoms with van der Waals surface area (Å²) >= 11 is 0. The molecular weight excluding hydrogens is 1020 g/mol. The molecule has 9 rings (SSSR count). The Hall–Kier alpha value is -6.03. The van der Waals surface area contributed by atoms with E-state index in [0.717, 1.165) is 38.5 Å². The molecule has 0 atom stereocenters. The third kappa shape index (κ3) is 10.6. The fourth-order valence-electron chi connectivity index (χ4n) is 9.83. The number of H-pyrrole nitrogens is 2. The van der Waals surface area contributed by atoms with Crippen LogP contribution in [0.2, 0.25) is 0 Å². The van der Waals surface area contributed by atoms with Crippen molar-refractivity contribution in [2.75, 3.05) is 39.3 Å². The molecule has 5 heterocycles. The van der Waals surface area contributed by atoms with E-state index in [1.165, 1.54) is 4.31 Å². The zero-order valence-electron chi connectivity index (χ0n) is 44.4. The fourth-order valence-corrected chi connectivity index (χ4v) is 14.8. The number of hydrogen-bond acceptors (Lipinski definition) is 12. The molecule has 4 aromatic carbocycles. The molecule has 2 aliphatic rings. The summed E-state index contributed by atoms with van der Waals surface area (Å²) in [6.45, 7) is 14.3. The van der Waals surface area contributed by atoms with E-state index in [4.69, 9.17) is 29.9 Å². The van der Waals surface area contributed by atoms with E-state index in [9.17, 15) is 8.42 Å². The molecule has 3 aromatic heterocycles. The van der Waals surface area contributed by atoms with Crippen LogP contribution in [0.1, 0.15) is 119 Å².